The molecule has 0 amide bonds. The van der Waals surface area contributed by atoms with Gasteiger partial charge in [-0.1, -0.05) is 11.6 Å². The maximum absolute atomic E-state index is 5.94. The number of aromatic nitrogens is 2. The Morgan fingerprint density at radius 1 is 1.35 bits per heavy atom. The number of hydrogen-bond acceptors (Lipinski definition) is 6. The van der Waals surface area contributed by atoms with Gasteiger partial charge in [0.2, 0.25) is 5.95 Å². The van der Waals surface area contributed by atoms with Crippen molar-refractivity contribution >= 4 is 23.4 Å². The fourth-order valence-corrected chi connectivity index (χ4v) is 1.26. The Hall–Kier alpha value is -1.11. The molecule has 96 valence electrons. The Morgan fingerprint density at radius 2 is 2.18 bits per heavy atom. The molecule has 0 saturated heterocycles. The van der Waals surface area contributed by atoms with E-state index in [1.807, 2.05) is 0 Å². The molecule has 1 aromatic heterocycles. The molecule has 0 atom stereocenters. The zero-order chi connectivity index (χ0) is 12.5. The summed E-state index contributed by atoms with van der Waals surface area (Å²) in [6.07, 6.45) is 1.55. The summed E-state index contributed by atoms with van der Waals surface area (Å²) in [5.41, 5.74) is 0. The largest absolute Gasteiger partial charge is 0.382 e. The lowest BCUT2D eigenvalue weighted by atomic mass is 10.5. The smallest absolute Gasteiger partial charge is 0.224 e. The predicted octanol–water partition coefficient (Wildman–Crippen LogP) is 1.25. The van der Waals surface area contributed by atoms with Gasteiger partial charge in [0.05, 0.1) is 26.0 Å². The second-order valence-corrected chi connectivity index (χ2v) is 3.58. The van der Waals surface area contributed by atoms with Crippen LogP contribution in [0.25, 0.3) is 0 Å². The van der Waals surface area contributed by atoms with Gasteiger partial charge in [0, 0.05) is 20.7 Å². The van der Waals surface area contributed by atoms with Crippen molar-refractivity contribution < 1.29 is 9.47 Å². The molecule has 0 aliphatic carbocycles. The van der Waals surface area contributed by atoms with Gasteiger partial charge in [-0.2, -0.15) is 4.98 Å². The van der Waals surface area contributed by atoms with Crippen LogP contribution in [0.2, 0.25) is 5.02 Å². The van der Waals surface area contributed by atoms with Crippen molar-refractivity contribution in [2.24, 2.45) is 0 Å². The van der Waals surface area contributed by atoms with E-state index >= 15 is 0 Å². The maximum Gasteiger partial charge on any atom is 0.224 e. The molecule has 6 nitrogen and oxygen atoms in total. The number of nitrogens with zero attached hydrogens (tertiary/aromatic N) is 2. The van der Waals surface area contributed by atoms with Crippen LogP contribution in [0.4, 0.5) is 11.8 Å². The van der Waals surface area contributed by atoms with E-state index in [2.05, 4.69) is 20.6 Å². The van der Waals surface area contributed by atoms with E-state index < -0.39 is 0 Å². The van der Waals surface area contributed by atoms with Crippen LogP contribution >= 0.6 is 11.6 Å². The minimum absolute atomic E-state index is 0.487. The first kappa shape index (κ1) is 14.0. The highest BCUT2D eigenvalue weighted by Gasteiger charge is 2.03. The monoisotopic (exact) mass is 260 g/mol. The molecule has 1 rings (SSSR count). The number of ether oxygens (including phenoxy) is 2. The highest BCUT2D eigenvalue weighted by molar-refractivity contribution is 6.32. The number of hydrogen-bond donors (Lipinski definition) is 2. The summed E-state index contributed by atoms with van der Waals surface area (Å²) in [4.78, 5) is 8.16. The molecule has 2 N–H and O–H groups in total. The third-order valence-corrected chi connectivity index (χ3v) is 2.21. The quantitative estimate of drug-likeness (QED) is 0.686. The van der Waals surface area contributed by atoms with Gasteiger partial charge in [0.15, 0.2) is 5.82 Å². The van der Waals surface area contributed by atoms with Crippen molar-refractivity contribution in [3.8, 4) is 0 Å². The van der Waals surface area contributed by atoms with Crippen LogP contribution < -0.4 is 10.6 Å². The number of halogens is 1. The van der Waals surface area contributed by atoms with Crippen LogP contribution in [0.1, 0.15) is 0 Å². The standard InChI is InChI=1S/C10H17ClN4O2/c1-12-10-14-7-8(11)9(15-10)13-3-4-17-6-5-16-2/h7H,3-6H2,1-2H3,(H2,12,13,14,15). The minimum Gasteiger partial charge on any atom is -0.382 e. The summed E-state index contributed by atoms with van der Waals surface area (Å²) in [7, 11) is 3.39. The molecule has 0 bridgehead atoms. The van der Waals surface area contributed by atoms with Crippen molar-refractivity contribution in [2.45, 2.75) is 0 Å². The van der Waals surface area contributed by atoms with Crippen LogP contribution in [0.3, 0.4) is 0 Å². The lowest BCUT2D eigenvalue weighted by molar-refractivity contribution is 0.0759. The van der Waals surface area contributed by atoms with Gasteiger partial charge in [-0.15, -0.1) is 0 Å². The molecule has 0 aliphatic rings. The molecule has 0 unspecified atom stereocenters. The number of rotatable bonds is 8. The zero-order valence-electron chi connectivity index (χ0n) is 9.99. The van der Waals surface area contributed by atoms with Crippen LogP contribution in [-0.4, -0.2) is 50.5 Å². The Bertz CT molecular complexity index is 338. The molecule has 7 heteroatoms. The van der Waals surface area contributed by atoms with Crippen LogP contribution in [0, 0.1) is 0 Å². The van der Waals surface area contributed by atoms with E-state index in [-0.39, 0.29) is 0 Å². The van der Waals surface area contributed by atoms with Gasteiger partial charge in [-0.05, 0) is 0 Å². The fraction of sp³-hybridized carbons (Fsp3) is 0.600. The average Bonchev–Trinajstić information content (AvgIpc) is 2.35. The number of nitrogens with one attached hydrogen (secondary N) is 2. The van der Waals surface area contributed by atoms with Crippen LogP contribution in [0.15, 0.2) is 6.20 Å². The summed E-state index contributed by atoms with van der Waals surface area (Å²) < 4.78 is 10.2. The van der Waals surface area contributed by atoms with Gasteiger partial charge in [-0.3, -0.25) is 0 Å². The Morgan fingerprint density at radius 3 is 2.88 bits per heavy atom. The third kappa shape index (κ3) is 5.16. The van der Waals surface area contributed by atoms with E-state index in [9.17, 15) is 0 Å². The lowest BCUT2D eigenvalue weighted by Crippen LogP contribution is -2.13. The first-order valence-electron chi connectivity index (χ1n) is 5.28. The van der Waals surface area contributed by atoms with Crippen LogP contribution in [0.5, 0.6) is 0 Å². The van der Waals surface area contributed by atoms with Gasteiger partial charge < -0.3 is 20.1 Å². The molecule has 0 radical (unpaired) electrons. The Labute approximate surface area is 106 Å². The second-order valence-electron chi connectivity index (χ2n) is 3.17. The zero-order valence-corrected chi connectivity index (χ0v) is 10.8. The van der Waals surface area contributed by atoms with Crippen molar-refractivity contribution in [3.63, 3.8) is 0 Å². The van der Waals surface area contributed by atoms with E-state index in [4.69, 9.17) is 21.1 Å². The van der Waals surface area contributed by atoms with Gasteiger partial charge in [0.1, 0.15) is 5.02 Å². The molecular weight excluding hydrogens is 244 g/mol. The first-order chi connectivity index (χ1) is 8.27. The highest BCUT2D eigenvalue weighted by Crippen LogP contribution is 2.18. The molecule has 1 heterocycles. The first-order valence-corrected chi connectivity index (χ1v) is 5.66. The predicted molar refractivity (Wildman–Crippen MR) is 67.8 cm³/mol. The second kappa shape index (κ2) is 8.05. The Kier molecular flexibility index (Phi) is 6.61. The molecule has 0 fully saturated rings. The maximum atomic E-state index is 5.94. The molecule has 0 aromatic carbocycles. The molecule has 0 aliphatic heterocycles. The summed E-state index contributed by atoms with van der Waals surface area (Å²) in [5, 5.41) is 6.41. The molecule has 17 heavy (non-hydrogen) atoms. The third-order valence-electron chi connectivity index (χ3n) is 1.94. The molecule has 0 saturated carbocycles. The summed E-state index contributed by atoms with van der Waals surface area (Å²) in [6, 6.07) is 0. The lowest BCUT2D eigenvalue weighted by Gasteiger charge is -2.08. The molecule has 0 spiro atoms. The van der Waals surface area contributed by atoms with E-state index in [1.165, 1.54) is 0 Å². The minimum atomic E-state index is 0.487. The number of methoxy groups -OCH3 is 1. The highest BCUT2D eigenvalue weighted by atomic mass is 35.5. The summed E-state index contributed by atoms with van der Waals surface area (Å²) in [6.45, 7) is 2.37. The van der Waals surface area contributed by atoms with Gasteiger partial charge >= 0.3 is 0 Å². The van der Waals surface area contributed by atoms with Crippen molar-refractivity contribution in [3.05, 3.63) is 11.2 Å². The van der Waals surface area contributed by atoms with E-state index in [0.29, 0.717) is 43.2 Å². The van der Waals surface area contributed by atoms with Crippen molar-refractivity contribution in [1.82, 2.24) is 9.97 Å². The van der Waals surface area contributed by atoms with E-state index in [0.717, 1.165) is 0 Å². The average molecular weight is 261 g/mol. The van der Waals surface area contributed by atoms with Gasteiger partial charge in [0.25, 0.3) is 0 Å². The Balaban J connectivity index is 2.30. The molecular formula is C10H17ClN4O2. The SMILES string of the molecule is CNc1ncc(Cl)c(NCCOCCOC)n1. The fourth-order valence-electron chi connectivity index (χ4n) is 1.10. The number of anilines is 2. The van der Waals surface area contributed by atoms with Crippen molar-refractivity contribution in [2.75, 3.05) is 51.2 Å². The van der Waals surface area contributed by atoms with E-state index in [1.54, 1.807) is 20.4 Å². The van der Waals surface area contributed by atoms with Gasteiger partial charge in [-0.25, -0.2) is 4.98 Å². The summed E-state index contributed by atoms with van der Waals surface area (Å²) >= 11 is 5.94. The molecule has 1 aromatic rings. The topological polar surface area (TPSA) is 68.3 Å². The van der Waals surface area contributed by atoms with Crippen LogP contribution in [-0.2, 0) is 9.47 Å². The van der Waals surface area contributed by atoms with Crippen molar-refractivity contribution in [1.29, 1.82) is 0 Å². The summed E-state index contributed by atoms with van der Waals surface area (Å²) in [5.74, 6) is 1.12. The normalized spacial score (nSPS) is 10.3.